The van der Waals surface area contributed by atoms with Gasteiger partial charge in [-0.25, -0.2) is 9.18 Å². The molecule has 2 amide bonds. The van der Waals surface area contributed by atoms with E-state index in [1.807, 2.05) is 0 Å². The van der Waals surface area contributed by atoms with Crippen LogP contribution in [0.1, 0.15) is 26.3 Å². The topological polar surface area (TPSA) is 84.5 Å². The lowest BCUT2D eigenvalue weighted by molar-refractivity contribution is -0.124. The Labute approximate surface area is 172 Å². The number of ether oxygens (including phenoxy) is 1. The molecule has 3 aromatic carbocycles. The zero-order valence-corrected chi connectivity index (χ0v) is 15.9. The Kier molecular flexibility index (Phi) is 6.89. The zero-order chi connectivity index (χ0) is 21.3. The summed E-state index contributed by atoms with van der Waals surface area (Å²) in [6.45, 7) is -0.555. The smallest absolute Gasteiger partial charge is 0.340 e. The Balaban J connectivity index is 1.57. The van der Waals surface area contributed by atoms with Crippen LogP contribution in [-0.2, 0) is 16.1 Å². The Morgan fingerprint density at radius 1 is 0.833 bits per heavy atom. The van der Waals surface area contributed by atoms with E-state index in [4.69, 9.17) is 4.74 Å². The number of hydrogen-bond donors (Lipinski definition) is 2. The second-order valence-corrected chi connectivity index (χ2v) is 6.31. The van der Waals surface area contributed by atoms with Gasteiger partial charge < -0.3 is 15.4 Å². The Morgan fingerprint density at radius 2 is 1.50 bits per heavy atom. The number of carbonyl (C=O) groups is 3. The standard InChI is InChI=1S/C23H19FN2O4/c24-19-12-6-4-10-17(19)14-25-21(27)15-30-23(29)18-11-5-7-13-20(18)26-22(28)16-8-2-1-3-9-16/h1-13H,14-15H2,(H,25,27)(H,26,28). The highest BCUT2D eigenvalue weighted by atomic mass is 19.1. The van der Waals surface area contributed by atoms with Crippen molar-refractivity contribution in [3.05, 3.63) is 101 Å². The van der Waals surface area contributed by atoms with Crippen LogP contribution >= 0.6 is 0 Å². The van der Waals surface area contributed by atoms with E-state index < -0.39 is 24.3 Å². The molecular weight excluding hydrogens is 387 g/mol. The molecule has 7 heteroatoms. The maximum Gasteiger partial charge on any atom is 0.340 e. The minimum absolute atomic E-state index is 0.0211. The van der Waals surface area contributed by atoms with Gasteiger partial charge in [0.1, 0.15) is 5.82 Å². The number of halogens is 1. The lowest BCUT2D eigenvalue weighted by atomic mass is 10.1. The van der Waals surface area contributed by atoms with Crippen molar-refractivity contribution in [3.8, 4) is 0 Å². The van der Waals surface area contributed by atoms with Gasteiger partial charge in [0.2, 0.25) is 0 Å². The highest BCUT2D eigenvalue weighted by Gasteiger charge is 2.16. The number of nitrogens with one attached hydrogen (secondary N) is 2. The average Bonchev–Trinajstić information content (AvgIpc) is 2.78. The summed E-state index contributed by atoms with van der Waals surface area (Å²) in [5, 5.41) is 5.16. The van der Waals surface area contributed by atoms with Crippen LogP contribution in [0.2, 0.25) is 0 Å². The summed E-state index contributed by atoms with van der Waals surface area (Å²) in [5.41, 5.74) is 1.14. The molecule has 0 saturated heterocycles. The molecule has 3 aromatic rings. The predicted octanol–water partition coefficient (Wildman–Crippen LogP) is 3.55. The Hall–Kier alpha value is -4.00. The first-order chi connectivity index (χ1) is 14.5. The van der Waals surface area contributed by atoms with Crippen molar-refractivity contribution in [2.24, 2.45) is 0 Å². The number of rotatable bonds is 7. The maximum atomic E-state index is 13.6. The van der Waals surface area contributed by atoms with E-state index in [1.54, 1.807) is 66.7 Å². The van der Waals surface area contributed by atoms with E-state index in [1.165, 1.54) is 12.1 Å². The Bertz CT molecular complexity index is 1050. The number of anilines is 1. The number of benzene rings is 3. The number of esters is 1. The van der Waals surface area contributed by atoms with E-state index in [0.717, 1.165) is 0 Å². The summed E-state index contributed by atoms with van der Waals surface area (Å²) >= 11 is 0. The third-order valence-electron chi connectivity index (χ3n) is 4.20. The normalized spacial score (nSPS) is 10.2. The fraction of sp³-hybridized carbons (Fsp3) is 0.0870. The van der Waals surface area contributed by atoms with E-state index in [0.29, 0.717) is 11.1 Å². The van der Waals surface area contributed by atoms with Crippen molar-refractivity contribution < 1.29 is 23.5 Å². The first kappa shape index (κ1) is 20.7. The molecule has 0 aliphatic carbocycles. The summed E-state index contributed by atoms with van der Waals surface area (Å²) < 4.78 is 18.6. The molecule has 2 N–H and O–H groups in total. The molecule has 0 atom stereocenters. The molecule has 0 heterocycles. The molecule has 0 saturated carbocycles. The average molecular weight is 406 g/mol. The van der Waals surface area contributed by atoms with Crippen LogP contribution in [-0.4, -0.2) is 24.4 Å². The molecule has 0 fully saturated rings. The molecule has 0 aliphatic rings. The van der Waals surface area contributed by atoms with E-state index >= 15 is 0 Å². The number of para-hydroxylation sites is 1. The third kappa shape index (κ3) is 5.51. The van der Waals surface area contributed by atoms with Gasteiger partial charge in [0, 0.05) is 17.7 Å². The lowest BCUT2D eigenvalue weighted by Crippen LogP contribution is -2.29. The molecule has 0 aromatic heterocycles. The van der Waals surface area contributed by atoms with Crippen LogP contribution < -0.4 is 10.6 Å². The van der Waals surface area contributed by atoms with E-state index in [-0.39, 0.29) is 23.7 Å². The zero-order valence-electron chi connectivity index (χ0n) is 15.9. The predicted molar refractivity (Wildman–Crippen MR) is 109 cm³/mol. The van der Waals surface area contributed by atoms with Gasteiger partial charge in [-0.3, -0.25) is 9.59 Å². The monoisotopic (exact) mass is 406 g/mol. The Morgan fingerprint density at radius 3 is 2.27 bits per heavy atom. The quantitative estimate of drug-likeness (QED) is 0.588. The highest BCUT2D eigenvalue weighted by molar-refractivity contribution is 6.08. The van der Waals surface area contributed by atoms with Gasteiger partial charge in [-0.05, 0) is 30.3 Å². The molecule has 0 aliphatic heterocycles. The van der Waals surface area contributed by atoms with E-state index in [9.17, 15) is 18.8 Å². The summed E-state index contributed by atoms with van der Waals surface area (Å²) in [6, 6.07) is 20.9. The van der Waals surface area contributed by atoms with Crippen molar-refractivity contribution in [2.45, 2.75) is 6.54 Å². The van der Waals surface area contributed by atoms with Gasteiger partial charge in [0.25, 0.3) is 11.8 Å². The van der Waals surface area contributed by atoms with Gasteiger partial charge >= 0.3 is 5.97 Å². The summed E-state index contributed by atoms with van der Waals surface area (Å²) in [4.78, 5) is 36.7. The molecule has 0 radical (unpaired) electrons. The molecule has 0 bridgehead atoms. The first-order valence-corrected chi connectivity index (χ1v) is 9.17. The van der Waals surface area contributed by atoms with Crippen molar-refractivity contribution in [3.63, 3.8) is 0 Å². The first-order valence-electron chi connectivity index (χ1n) is 9.17. The van der Waals surface area contributed by atoms with Crippen molar-refractivity contribution in [1.82, 2.24) is 5.32 Å². The second kappa shape index (κ2) is 9.97. The van der Waals surface area contributed by atoms with Gasteiger partial charge in [-0.1, -0.05) is 48.5 Å². The summed E-state index contributed by atoms with van der Waals surface area (Å²) in [6.07, 6.45) is 0. The van der Waals surface area contributed by atoms with Crippen LogP contribution in [0.15, 0.2) is 78.9 Å². The van der Waals surface area contributed by atoms with Crippen molar-refractivity contribution in [1.29, 1.82) is 0 Å². The van der Waals surface area contributed by atoms with Crippen LogP contribution in [0.4, 0.5) is 10.1 Å². The molecule has 0 spiro atoms. The maximum absolute atomic E-state index is 13.6. The van der Waals surface area contributed by atoms with Gasteiger partial charge in [0.05, 0.1) is 11.3 Å². The van der Waals surface area contributed by atoms with Crippen molar-refractivity contribution in [2.75, 3.05) is 11.9 Å². The number of hydrogen-bond acceptors (Lipinski definition) is 4. The second-order valence-electron chi connectivity index (χ2n) is 6.31. The minimum atomic E-state index is -0.764. The largest absolute Gasteiger partial charge is 0.452 e. The van der Waals surface area contributed by atoms with Crippen LogP contribution in [0.5, 0.6) is 0 Å². The third-order valence-corrected chi connectivity index (χ3v) is 4.20. The van der Waals surface area contributed by atoms with Crippen LogP contribution in [0.3, 0.4) is 0 Å². The molecular formula is C23H19FN2O4. The summed E-state index contributed by atoms with van der Waals surface area (Å²) in [5.74, 6) is -2.14. The van der Waals surface area contributed by atoms with Gasteiger partial charge in [-0.2, -0.15) is 0 Å². The fourth-order valence-corrected chi connectivity index (χ4v) is 2.65. The van der Waals surface area contributed by atoms with E-state index in [2.05, 4.69) is 10.6 Å². The molecule has 3 rings (SSSR count). The number of carbonyl (C=O) groups excluding carboxylic acids is 3. The molecule has 0 unspecified atom stereocenters. The van der Waals surface area contributed by atoms with Crippen molar-refractivity contribution >= 4 is 23.5 Å². The number of amides is 2. The lowest BCUT2D eigenvalue weighted by Gasteiger charge is -2.11. The fourth-order valence-electron chi connectivity index (χ4n) is 2.65. The van der Waals surface area contributed by atoms with Gasteiger partial charge in [0.15, 0.2) is 6.61 Å². The van der Waals surface area contributed by atoms with Gasteiger partial charge in [-0.15, -0.1) is 0 Å². The van der Waals surface area contributed by atoms with Crippen LogP contribution in [0.25, 0.3) is 0 Å². The SMILES string of the molecule is O=C(COC(=O)c1ccccc1NC(=O)c1ccccc1)NCc1ccccc1F. The molecule has 30 heavy (non-hydrogen) atoms. The minimum Gasteiger partial charge on any atom is -0.452 e. The summed E-state index contributed by atoms with van der Waals surface area (Å²) in [7, 11) is 0. The molecule has 6 nitrogen and oxygen atoms in total. The van der Waals surface area contributed by atoms with Crippen LogP contribution in [0, 0.1) is 5.82 Å². The molecule has 152 valence electrons. The highest BCUT2D eigenvalue weighted by Crippen LogP contribution is 2.17.